The van der Waals surface area contributed by atoms with Crippen LogP contribution < -0.4 is 11.1 Å². The zero-order valence-corrected chi connectivity index (χ0v) is 19.5. The molecule has 0 saturated carbocycles. The minimum atomic E-state index is 0.0339. The standard InChI is InChI=1S/C22H23BrN6OS/c1-13(27-16-4-7-30-8-5-16)20-19(23)21(24)29-22(28-20)17(11-26-29)14-2-3-18(25-10-14)15-6-9-31-12-15/h2-3,6,9-13,16,27H,4-5,7-8,24H2,1H3. The lowest BCUT2D eigenvalue weighted by molar-refractivity contribution is 0.0753. The van der Waals surface area contributed by atoms with E-state index in [1.807, 2.05) is 12.3 Å². The molecule has 3 N–H and O–H groups in total. The fourth-order valence-electron chi connectivity index (χ4n) is 3.93. The summed E-state index contributed by atoms with van der Waals surface area (Å²) in [6.45, 7) is 3.70. The molecule has 0 spiro atoms. The van der Waals surface area contributed by atoms with E-state index < -0.39 is 0 Å². The van der Waals surface area contributed by atoms with Crippen molar-refractivity contribution >= 4 is 38.7 Å². The maximum atomic E-state index is 6.42. The Balaban J connectivity index is 1.50. The third-order valence-electron chi connectivity index (χ3n) is 5.66. The molecule has 1 aliphatic heterocycles. The van der Waals surface area contributed by atoms with Crippen molar-refractivity contribution in [3.05, 3.63) is 51.5 Å². The second-order valence-electron chi connectivity index (χ2n) is 7.71. The molecule has 4 aromatic heterocycles. The average Bonchev–Trinajstić information content (AvgIpc) is 3.47. The molecule has 0 bridgehead atoms. The number of fused-ring (bicyclic) bond motifs is 1. The second-order valence-corrected chi connectivity index (χ2v) is 9.28. The largest absolute Gasteiger partial charge is 0.383 e. The van der Waals surface area contributed by atoms with Crippen molar-refractivity contribution in [2.45, 2.75) is 31.8 Å². The van der Waals surface area contributed by atoms with Gasteiger partial charge < -0.3 is 15.8 Å². The molecule has 160 valence electrons. The normalized spacial score (nSPS) is 16.1. The summed E-state index contributed by atoms with van der Waals surface area (Å²) in [5.41, 5.74) is 12.0. The number of nitrogens with two attached hydrogens (primary N) is 1. The number of hydrogen-bond acceptors (Lipinski definition) is 7. The molecule has 5 rings (SSSR count). The minimum absolute atomic E-state index is 0.0339. The number of thiophene rings is 1. The predicted molar refractivity (Wildman–Crippen MR) is 127 cm³/mol. The smallest absolute Gasteiger partial charge is 0.165 e. The van der Waals surface area contributed by atoms with Gasteiger partial charge in [0.05, 0.1) is 22.1 Å². The molecule has 0 aromatic carbocycles. The van der Waals surface area contributed by atoms with Crippen LogP contribution in [0.2, 0.25) is 0 Å². The number of nitrogen functional groups attached to an aromatic ring is 1. The van der Waals surface area contributed by atoms with Gasteiger partial charge in [0.15, 0.2) is 5.65 Å². The highest BCUT2D eigenvalue weighted by atomic mass is 79.9. The van der Waals surface area contributed by atoms with Gasteiger partial charge in [-0.25, -0.2) is 4.98 Å². The van der Waals surface area contributed by atoms with Gasteiger partial charge in [0.1, 0.15) is 5.82 Å². The number of halogens is 1. The first kappa shape index (κ1) is 20.6. The van der Waals surface area contributed by atoms with Crippen LogP contribution in [-0.2, 0) is 4.74 Å². The Morgan fingerprint density at radius 3 is 2.77 bits per heavy atom. The number of hydrogen-bond donors (Lipinski definition) is 2. The van der Waals surface area contributed by atoms with E-state index in [4.69, 9.17) is 15.5 Å². The van der Waals surface area contributed by atoms with Crippen molar-refractivity contribution in [1.29, 1.82) is 0 Å². The zero-order chi connectivity index (χ0) is 21.4. The summed E-state index contributed by atoms with van der Waals surface area (Å²) >= 11 is 5.30. The fraction of sp³-hybridized carbons (Fsp3) is 0.318. The number of pyridine rings is 1. The average molecular weight is 499 g/mol. The highest BCUT2D eigenvalue weighted by Gasteiger charge is 2.23. The highest BCUT2D eigenvalue weighted by molar-refractivity contribution is 9.10. The first-order valence-electron chi connectivity index (χ1n) is 10.3. The van der Waals surface area contributed by atoms with Crippen molar-refractivity contribution in [1.82, 2.24) is 24.9 Å². The van der Waals surface area contributed by atoms with Crippen molar-refractivity contribution in [2.24, 2.45) is 0 Å². The maximum Gasteiger partial charge on any atom is 0.165 e. The van der Waals surface area contributed by atoms with E-state index in [0.717, 1.165) is 64.3 Å². The zero-order valence-electron chi connectivity index (χ0n) is 17.1. The molecule has 31 heavy (non-hydrogen) atoms. The molecule has 5 heterocycles. The van der Waals surface area contributed by atoms with Crippen LogP contribution in [0.5, 0.6) is 0 Å². The molecule has 1 aliphatic rings. The molecule has 4 aromatic rings. The van der Waals surface area contributed by atoms with Crippen LogP contribution in [0.3, 0.4) is 0 Å². The van der Waals surface area contributed by atoms with Crippen LogP contribution in [0.25, 0.3) is 28.0 Å². The van der Waals surface area contributed by atoms with E-state index in [2.05, 4.69) is 61.1 Å². The topological polar surface area (TPSA) is 90.4 Å². The Morgan fingerprint density at radius 2 is 2.06 bits per heavy atom. The van der Waals surface area contributed by atoms with Crippen LogP contribution >= 0.6 is 27.3 Å². The molecule has 0 aliphatic carbocycles. The maximum absolute atomic E-state index is 6.42. The molecule has 1 fully saturated rings. The summed E-state index contributed by atoms with van der Waals surface area (Å²) in [6, 6.07) is 6.60. The van der Waals surface area contributed by atoms with E-state index >= 15 is 0 Å². The minimum Gasteiger partial charge on any atom is -0.383 e. The summed E-state index contributed by atoms with van der Waals surface area (Å²) in [5, 5.41) is 12.3. The van der Waals surface area contributed by atoms with Crippen molar-refractivity contribution < 1.29 is 4.74 Å². The first-order chi connectivity index (χ1) is 15.1. The van der Waals surface area contributed by atoms with Crippen LogP contribution in [0, 0.1) is 0 Å². The molecule has 1 unspecified atom stereocenters. The van der Waals surface area contributed by atoms with Gasteiger partial charge in [0.25, 0.3) is 0 Å². The lowest BCUT2D eigenvalue weighted by atomic mass is 10.1. The lowest BCUT2D eigenvalue weighted by Crippen LogP contribution is -2.37. The van der Waals surface area contributed by atoms with Crippen LogP contribution in [0.1, 0.15) is 31.5 Å². The van der Waals surface area contributed by atoms with Crippen LogP contribution in [0.15, 0.2) is 45.8 Å². The molecule has 9 heteroatoms. The molecule has 0 amide bonds. The second kappa shape index (κ2) is 8.66. The number of aromatic nitrogens is 4. The summed E-state index contributed by atoms with van der Waals surface area (Å²) in [7, 11) is 0. The SMILES string of the molecule is CC(NC1CCOCC1)c1nc2c(-c3ccc(-c4ccsc4)nc3)cnn2c(N)c1Br. The third-order valence-corrected chi connectivity index (χ3v) is 7.15. The van der Waals surface area contributed by atoms with Gasteiger partial charge in [-0.2, -0.15) is 21.0 Å². The van der Waals surface area contributed by atoms with Gasteiger partial charge in [-0.1, -0.05) is 6.07 Å². The van der Waals surface area contributed by atoms with Crippen LogP contribution in [0.4, 0.5) is 5.82 Å². The van der Waals surface area contributed by atoms with E-state index in [1.165, 1.54) is 0 Å². The van der Waals surface area contributed by atoms with Crippen LogP contribution in [-0.4, -0.2) is 38.8 Å². The summed E-state index contributed by atoms with van der Waals surface area (Å²) in [6.07, 6.45) is 5.67. The van der Waals surface area contributed by atoms with Gasteiger partial charge in [-0.05, 0) is 53.2 Å². The number of anilines is 1. The molecular formula is C22H23BrN6OS. The molecule has 1 atom stereocenters. The molecule has 1 saturated heterocycles. The Morgan fingerprint density at radius 1 is 1.23 bits per heavy atom. The van der Waals surface area contributed by atoms with E-state index in [-0.39, 0.29) is 6.04 Å². The van der Waals surface area contributed by atoms with Crippen molar-refractivity contribution in [3.8, 4) is 22.4 Å². The van der Waals surface area contributed by atoms with Gasteiger partial charge in [-0.3, -0.25) is 4.98 Å². The number of nitrogens with one attached hydrogen (secondary N) is 1. The highest BCUT2D eigenvalue weighted by Crippen LogP contribution is 2.33. The quantitative estimate of drug-likeness (QED) is 0.414. The number of rotatable bonds is 5. The Hall–Kier alpha value is -2.33. The fourth-order valence-corrected chi connectivity index (χ4v) is 5.18. The van der Waals surface area contributed by atoms with E-state index in [9.17, 15) is 0 Å². The summed E-state index contributed by atoms with van der Waals surface area (Å²) < 4.78 is 7.92. The van der Waals surface area contributed by atoms with Crippen molar-refractivity contribution in [2.75, 3.05) is 18.9 Å². The summed E-state index contributed by atoms with van der Waals surface area (Å²) in [4.78, 5) is 9.60. The van der Waals surface area contributed by atoms with E-state index in [1.54, 1.807) is 22.0 Å². The molecule has 7 nitrogen and oxygen atoms in total. The molecule has 0 radical (unpaired) electrons. The third kappa shape index (κ3) is 3.98. The Bertz CT molecular complexity index is 1190. The Kier molecular flexibility index (Phi) is 5.75. The molecular weight excluding hydrogens is 476 g/mol. The van der Waals surface area contributed by atoms with Gasteiger partial charge in [0, 0.05) is 53.6 Å². The lowest BCUT2D eigenvalue weighted by Gasteiger charge is -2.27. The van der Waals surface area contributed by atoms with Crippen molar-refractivity contribution in [3.63, 3.8) is 0 Å². The predicted octanol–water partition coefficient (Wildman–Crippen LogP) is 4.69. The first-order valence-corrected chi connectivity index (χ1v) is 12.0. The van der Waals surface area contributed by atoms with Gasteiger partial charge >= 0.3 is 0 Å². The number of ether oxygens (including phenoxy) is 1. The number of nitrogens with zero attached hydrogens (tertiary/aromatic N) is 4. The monoisotopic (exact) mass is 498 g/mol. The van der Waals surface area contributed by atoms with E-state index in [0.29, 0.717) is 11.9 Å². The van der Waals surface area contributed by atoms with Gasteiger partial charge in [-0.15, -0.1) is 0 Å². The summed E-state index contributed by atoms with van der Waals surface area (Å²) in [5.74, 6) is 0.537. The van der Waals surface area contributed by atoms with Gasteiger partial charge in [0.2, 0.25) is 0 Å². The Labute approximate surface area is 192 Å².